The van der Waals surface area contributed by atoms with Gasteiger partial charge in [0.15, 0.2) is 0 Å². The molecule has 0 spiro atoms. The van der Waals surface area contributed by atoms with E-state index in [1.807, 2.05) is 12.1 Å². The molecule has 1 saturated carbocycles. The first-order valence-corrected chi connectivity index (χ1v) is 5.10. The number of aliphatic hydroxyl groups is 1. The highest BCUT2D eigenvalue weighted by atomic mass is 35.5. The molecule has 0 heterocycles. The Balaban J connectivity index is 2.35. The van der Waals surface area contributed by atoms with Gasteiger partial charge in [0.25, 0.3) is 0 Å². The SMILES string of the molecule is COc1ccc(C2(O)CCC2)c(Cl)c1. The van der Waals surface area contributed by atoms with Gasteiger partial charge in [-0.3, -0.25) is 0 Å². The van der Waals surface area contributed by atoms with Crippen LogP contribution < -0.4 is 4.74 Å². The van der Waals surface area contributed by atoms with E-state index in [0.29, 0.717) is 5.02 Å². The van der Waals surface area contributed by atoms with Crippen LogP contribution in [0.3, 0.4) is 0 Å². The molecule has 76 valence electrons. The topological polar surface area (TPSA) is 29.5 Å². The molecule has 2 rings (SSSR count). The number of benzene rings is 1. The Kier molecular flexibility index (Phi) is 2.41. The first kappa shape index (κ1) is 9.81. The van der Waals surface area contributed by atoms with Gasteiger partial charge in [-0.2, -0.15) is 0 Å². The van der Waals surface area contributed by atoms with Crippen molar-refractivity contribution >= 4 is 11.6 Å². The minimum atomic E-state index is -0.691. The van der Waals surface area contributed by atoms with Crippen LogP contribution in [-0.2, 0) is 5.60 Å². The van der Waals surface area contributed by atoms with E-state index in [9.17, 15) is 5.11 Å². The third kappa shape index (κ3) is 1.49. The van der Waals surface area contributed by atoms with Gasteiger partial charge in [-0.25, -0.2) is 0 Å². The van der Waals surface area contributed by atoms with Crippen molar-refractivity contribution in [2.75, 3.05) is 7.11 Å². The molecule has 1 N–H and O–H groups in total. The molecule has 3 heteroatoms. The summed E-state index contributed by atoms with van der Waals surface area (Å²) >= 11 is 6.07. The zero-order chi connectivity index (χ0) is 10.2. The molecular formula is C11H13ClO2. The minimum Gasteiger partial charge on any atom is -0.497 e. The maximum Gasteiger partial charge on any atom is 0.120 e. The summed E-state index contributed by atoms with van der Waals surface area (Å²) in [5, 5.41) is 10.7. The number of methoxy groups -OCH3 is 1. The smallest absolute Gasteiger partial charge is 0.120 e. The Morgan fingerprint density at radius 2 is 2.14 bits per heavy atom. The van der Waals surface area contributed by atoms with Crippen molar-refractivity contribution in [3.63, 3.8) is 0 Å². The van der Waals surface area contributed by atoms with Crippen LogP contribution in [0.25, 0.3) is 0 Å². The molecule has 0 bridgehead atoms. The lowest BCUT2D eigenvalue weighted by atomic mass is 9.75. The summed E-state index contributed by atoms with van der Waals surface area (Å²) in [6.07, 6.45) is 2.68. The molecule has 0 atom stereocenters. The van der Waals surface area contributed by atoms with Crippen molar-refractivity contribution in [3.8, 4) is 5.75 Å². The fraction of sp³-hybridized carbons (Fsp3) is 0.455. The quantitative estimate of drug-likeness (QED) is 0.817. The lowest BCUT2D eigenvalue weighted by molar-refractivity contribution is -0.0387. The molecule has 0 radical (unpaired) electrons. The van der Waals surface area contributed by atoms with Crippen LogP contribution in [0.15, 0.2) is 18.2 Å². The molecule has 14 heavy (non-hydrogen) atoms. The number of rotatable bonds is 2. The monoisotopic (exact) mass is 212 g/mol. The molecule has 1 aromatic carbocycles. The second-order valence-corrected chi connectivity index (χ2v) is 4.14. The highest BCUT2D eigenvalue weighted by molar-refractivity contribution is 6.31. The molecular weight excluding hydrogens is 200 g/mol. The van der Waals surface area contributed by atoms with Crippen molar-refractivity contribution in [3.05, 3.63) is 28.8 Å². The second kappa shape index (κ2) is 3.44. The fourth-order valence-electron chi connectivity index (χ4n) is 1.78. The number of ether oxygens (including phenoxy) is 1. The van der Waals surface area contributed by atoms with Gasteiger partial charge in [0, 0.05) is 5.56 Å². The van der Waals surface area contributed by atoms with Gasteiger partial charge < -0.3 is 9.84 Å². The van der Waals surface area contributed by atoms with Crippen molar-refractivity contribution in [2.24, 2.45) is 0 Å². The molecule has 0 aliphatic heterocycles. The van der Waals surface area contributed by atoms with Gasteiger partial charge >= 0.3 is 0 Å². The average Bonchev–Trinajstić information content (AvgIpc) is 2.14. The van der Waals surface area contributed by atoms with Crippen molar-refractivity contribution in [1.29, 1.82) is 0 Å². The molecule has 0 unspecified atom stereocenters. The Morgan fingerprint density at radius 3 is 2.57 bits per heavy atom. The standard InChI is InChI=1S/C11H13ClO2/c1-14-8-3-4-9(10(12)7-8)11(13)5-2-6-11/h3-4,7,13H,2,5-6H2,1H3. The van der Waals surface area contributed by atoms with Crippen LogP contribution in [0, 0.1) is 0 Å². The average molecular weight is 213 g/mol. The highest BCUT2D eigenvalue weighted by Gasteiger charge is 2.37. The van der Waals surface area contributed by atoms with Crippen LogP contribution in [-0.4, -0.2) is 12.2 Å². The molecule has 1 fully saturated rings. The van der Waals surface area contributed by atoms with Gasteiger partial charge in [0.05, 0.1) is 17.7 Å². The van der Waals surface area contributed by atoms with E-state index in [0.717, 1.165) is 30.6 Å². The van der Waals surface area contributed by atoms with Crippen LogP contribution in [0.2, 0.25) is 5.02 Å². The maximum absolute atomic E-state index is 10.1. The summed E-state index contributed by atoms with van der Waals surface area (Å²) < 4.78 is 5.05. The number of halogens is 1. The van der Waals surface area contributed by atoms with E-state index in [-0.39, 0.29) is 0 Å². The summed E-state index contributed by atoms with van der Waals surface area (Å²) in [5.41, 5.74) is 0.134. The van der Waals surface area contributed by atoms with Crippen LogP contribution >= 0.6 is 11.6 Å². The largest absolute Gasteiger partial charge is 0.497 e. The zero-order valence-corrected chi connectivity index (χ0v) is 8.84. The summed E-state index contributed by atoms with van der Waals surface area (Å²) in [4.78, 5) is 0. The van der Waals surface area contributed by atoms with E-state index in [1.54, 1.807) is 13.2 Å². The van der Waals surface area contributed by atoms with Gasteiger partial charge in [0.1, 0.15) is 5.75 Å². The highest BCUT2D eigenvalue weighted by Crippen LogP contribution is 2.44. The van der Waals surface area contributed by atoms with Gasteiger partial charge in [-0.15, -0.1) is 0 Å². The molecule has 1 aliphatic rings. The molecule has 1 aromatic rings. The van der Waals surface area contributed by atoms with E-state index < -0.39 is 5.60 Å². The predicted octanol–water partition coefficient (Wildman–Crippen LogP) is 2.72. The van der Waals surface area contributed by atoms with Crippen LogP contribution in [0.4, 0.5) is 0 Å². The summed E-state index contributed by atoms with van der Waals surface area (Å²) in [6.45, 7) is 0. The summed E-state index contributed by atoms with van der Waals surface area (Å²) in [7, 11) is 1.60. The first-order valence-electron chi connectivity index (χ1n) is 4.72. The number of hydrogen-bond acceptors (Lipinski definition) is 2. The minimum absolute atomic E-state index is 0.589. The van der Waals surface area contributed by atoms with E-state index in [1.165, 1.54) is 0 Å². The molecule has 2 nitrogen and oxygen atoms in total. The normalized spacial score (nSPS) is 18.8. The van der Waals surface area contributed by atoms with Crippen molar-refractivity contribution in [2.45, 2.75) is 24.9 Å². The molecule has 0 amide bonds. The maximum atomic E-state index is 10.1. The Hall–Kier alpha value is -0.730. The molecule has 1 aliphatic carbocycles. The zero-order valence-electron chi connectivity index (χ0n) is 8.09. The van der Waals surface area contributed by atoms with Crippen molar-refractivity contribution < 1.29 is 9.84 Å². The van der Waals surface area contributed by atoms with Gasteiger partial charge in [-0.1, -0.05) is 17.7 Å². The van der Waals surface area contributed by atoms with E-state index >= 15 is 0 Å². The Morgan fingerprint density at radius 1 is 1.43 bits per heavy atom. The summed E-state index contributed by atoms with van der Waals surface area (Å²) in [5.74, 6) is 0.724. The Labute approximate surface area is 88.5 Å². The van der Waals surface area contributed by atoms with Crippen LogP contribution in [0.5, 0.6) is 5.75 Å². The van der Waals surface area contributed by atoms with Crippen LogP contribution in [0.1, 0.15) is 24.8 Å². The van der Waals surface area contributed by atoms with Crippen molar-refractivity contribution in [1.82, 2.24) is 0 Å². The molecule has 0 saturated heterocycles. The Bertz CT molecular complexity index is 345. The summed E-state index contributed by atoms with van der Waals surface area (Å²) in [6, 6.07) is 5.42. The first-order chi connectivity index (χ1) is 6.65. The second-order valence-electron chi connectivity index (χ2n) is 3.73. The number of hydrogen-bond donors (Lipinski definition) is 1. The third-order valence-electron chi connectivity index (χ3n) is 2.86. The predicted molar refractivity (Wildman–Crippen MR) is 55.8 cm³/mol. The lowest BCUT2D eigenvalue weighted by Crippen LogP contribution is -2.33. The lowest BCUT2D eigenvalue weighted by Gasteiger charge is -2.37. The molecule has 0 aromatic heterocycles. The third-order valence-corrected chi connectivity index (χ3v) is 3.17. The van der Waals surface area contributed by atoms with Gasteiger partial charge in [-0.05, 0) is 31.4 Å². The van der Waals surface area contributed by atoms with Gasteiger partial charge in [0.2, 0.25) is 0 Å². The van der Waals surface area contributed by atoms with E-state index in [4.69, 9.17) is 16.3 Å². The fourth-order valence-corrected chi connectivity index (χ4v) is 2.13. The van der Waals surface area contributed by atoms with E-state index in [2.05, 4.69) is 0 Å².